The van der Waals surface area contributed by atoms with Crippen molar-refractivity contribution in [2.24, 2.45) is 0 Å². The molecule has 0 spiro atoms. The van der Waals surface area contributed by atoms with E-state index in [0.717, 1.165) is 16.8 Å². The summed E-state index contributed by atoms with van der Waals surface area (Å²) in [4.78, 5) is 0. The number of anilines is 1. The van der Waals surface area contributed by atoms with Crippen LogP contribution >= 0.6 is 0 Å². The van der Waals surface area contributed by atoms with Gasteiger partial charge in [-0.3, -0.25) is 0 Å². The van der Waals surface area contributed by atoms with Crippen molar-refractivity contribution >= 4 is 15.9 Å². The van der Waals surface area contributed by atoms with Crippen LogP contribution in [0.1, 0.15) is 25.0 Å². The Morgan fingerprint density at radius 2 is 2.00 bits per heavy atom. The van der Waals surface area contributed by atoms with E-state index in [1.54, 1.807) is 4.31 Å². The van der Waals surface area contributed by atoms with Crippen LogP contribution < -0.4 is 5.73 Å². The van der Waals surface area contributed by atoms with Gasteiger partial charge >= 0.3 is 0 Å². The molecule has 0 bridgehead atoms. The van der Waals surface area contributed by atoms with E-state index in [0.29, 0.717) is 32.6 Å². The highest BCUT2D eigenvalue weighted by Gasteiger charge is 2.30. The number of hydrogen-bond donors (Lipinski definition) is 1. The molecule has 1 aliphatic heterocycles. The molecule has 1 aromatic carbocycles. The highest BCUT2D eigenvalue weighted by Crippen LogP contribution is 2.26. The molecule has 2 N–H and O–H groups in total. The van der Waals surface area contributed by atoms with Gasteiger partial charge in [-0.2, -0.15) is 17.0 Å². The van der Waals surface area contributed by atoms with Crippen molar-refractivity contribution in [2.45, 2.75) is 26.8 Å². The molecule has 0 saturated heterocycles. The standard InChI is InChI=1S/C13H21N3O2S/c1-3-15(4-2)19(17,18)16-9-8-12-11(10-16)6-5-7-13(12)14/h5-7H,3-4,8-10,14H2,1-2H3. The van der Waals surface area contributed by atoms with Gasteiger partial charge in [0.15, 0.2) is 0 Å². The third-order valence-corrected chi connectivity index (χ3v) is 5.76. The van der Waals surface area contributed by atoms with E-state index in [-0.39, 0.29) is 0 Å². The van der Waals surface area contributed by atoms with Crippen LogP contribution in [0.15, 0.2) is 18.2 Å². The fraction of sp³-hybridized carbons (Fsp3) is 0.538. The normalized spacial score (nSPS) is 16.6. The van der Waals surface area contributed by atoms with E-state index >= 15 is 0 Å². The maximum Gasteiger partial charge on any atom is 0.282 e. The zero-order chi connectivity index (χ0) is 14.0. The third-order valence-electron chi connectivity index (χ3n) is 3.63. The quantitative estimate of drug-likeness (QED) is 0.845. The van der Waals surface area contributed by atoms with Crippen LogP contribution in [0.25, 0.3) is 0 Å². The van der Waals surface area contributed by atoms with Gasteiger partial charge in [-0.15, -0.1) is 0 Å². The summed E-state index contributed by atoms with van der Waals surface area (Å²) in [5, 5.41) is 0. The summed E-state index contributed by atoms with van der Waals surface area (Å²) in [6, 6.07) is 5.70. The first-order chi connectivity index (χ1) is 9.00. The van der Waals surface area contributed by atoms with E-state index in [4.69, 9.17) is 5.73 Å². The molecular weight excluding hydrogens is 262 g/mol. The summed E-state index contributed by atoms with van der Waals surface area (Å²) in [7, 11) is -3.35. The smallest absolute Gasteiger partial charge is 0.282 e. The van der Waals surface area contributed by atoms with E-state index in [1.807, 2.05) is 32.0 Å². The van der Waals surface area contributed by atoms with E-state index < -0.39 is 10.2 Å². The van der Waals surface area contributed by atoms with Gasteiger partial charge in [0.1, 0.15) is 0 Å². The van der Waals surface area contributed by atoms with Crippen LogP contribution in [-0.4, -0.2) is 36.7 Å². The molecule has 0 atom stereocenters. The first-order valence-electron chi connectivity index (χ1n) is 6.62. The van der Waals surface area contributed by atoms with E-state index in [9.17, 15) is 8.42 Å². The van der Waals surface area contributed by atoms with Gasteiger partial charge in [0, 0.05) is 31.9 Å². The Labute approximate surface area is 115 Å². The highest BCUT2D eigenvalue weighted by molar-refractivity contribution is 7.86. The second-order valence-electron chi connectivity index (χ2n) is 4.66. The maximum atomic E-state index is 12.5. The summed E-state index contributed by atoms with van der Waals surface area (Å²) in [5.41, 5.74) is 8.80. The molecule has 1 aliphatic rings. The molecule has 0 radical (unpaired) electrons. The highest BCUT2D eigenvalue weighted by atomic mass is 32.2. The first kappa shape index (κ1) is 14.3. The number of rotatable bonds is 4. The first-order valence-corrected chi connectivity index (χ1v) is 8.01. The molecule has 19 heavy (non-hydrogen) atoms. The fourth-order valence-electron chi connectivity index (χ4n) is 2.52. The summed E-state index contributed by atoms with van der Waals surface area (Å²) < 4.78 is 28.0. The summed E-state index contributed by atoms with van der Waals surface area (Å²) >= 11 is 0. The summed E-state index contributed by atoms with van der Waals surface area (Å²) in [5.74, 6) is 0. The van der Waals surface area contributed by atoms with Crippen LogP contribution in [0.2, 0.25) is 0 Å². The van der Waals surface area contributed by atoms with Crippen molar-refractivity contribution in [3.63, 3.8) is 0 Å². The molecule has 0 aliphatic carbocycles. The molecule has 0 amide bonds. The zero-order valence-electron chi connectivity index (χ0n) is 11.5. The predicted molar refractivity (Wildman–Crippen MR) is 76.8 cm³/mol. The largest absolute Gasteiger partial charge is 0.398 e. The molecule has 106 valence electrons. The molecule has 2 rings (SSSR count). The van der Waals surface area contributed by atoms with Gasteiger partial charge in [-0.1, -0.05) is 26.0 Å². The number of fused-ring (bicyclic) bond motifs is 1. The van der Waals surface area contributed by atoms with Gasteiger partial charge in [0.2, 0.25) is 0 Å². The number of nitrogens with two attached hydrogens (primary N) is 1. The molecule has 0 aromatic heterocycles. The van der Waals surface area contributed by atoms with Gasteiger partial charge in [0.05, 0.1) is 0 Å². The van der Waals surface area contributed by atoms with E-state index in [2.05, 4.69) is 0 Å². The topological polar surface area (TPSA) is 66.6 Å². The zero-order valence-corrected chi connectivity index (χ0v) is 12.3. The lowest BCUT2D eigenvalue weighted by atomic mass is 9.99. The number of nitrogens with zero attached hydrogens (tertiary/aromatic N) is 2. The van der Waals surface area contributed by atoms with Crippen LogP contribution in [0, 0.1) is 0 Å². The maximum absolute atomic E-state index is 12.5. The summed E-state index contributed by atoms with van der Waals surface area (Å²) in [6.07, 6.45) is 0.683. The Balaban J connectivity index is 2.27. The average molecular weight is 283 g/mol. The van der Waals surface area contributed by atoms with Crippen molar-refractivity contribution in [2.75, 3.05) is 25.4 Å². The molecule has 0 saturated carbocycles. The van der Waals surface area contributed by atoms with Gasteiger partial charge in [-0.25, -0.2) is 0 Å². The molecule has 1 heterocycles. The van der Waals surface area contributed by atoms with Crippen molar-refractivity contribution in [1.29, 1.82) is 0 Å². The molecule has 5 nitrogen and oxygen atoms in total. The fourth-order valence-corrected chi connectivity index (χ4v) is 4.13. The predicted octanol–water partition coefficient (Wildman–Crippen LogP) is 1.21. The lowest BCUT2D eigenvalue weighted by Gasteiger charge is -2.32. The lowest BCUT2D eigenvalue weighted by molar-refractivity contribution is 0.335. The molecule has 1 aromatic rings. The Morgan fingerprint density at radius 1 is 1.32 bits per heavy atom. The van der Waals surface area contributed by atoms with Crippen molar-refractivity contribution in [3.05, 3.63) is 29.3 Å². The Kier molecular flexibility index (Phi) is 4.13. The number of nitrogen functional groups attached to an aromatic ring is 1. The molecule has 0 unspecified atom stereocenters. The van der Waals surface area contributed by atoms with Crippen LogP contribution in [0.5, 0.6) is 0 Å². The lowest BCUT2D eigenvalue weighted by Crippen LogP contribution is -2.45. The third kappa shape index (κ3) is 2.61. The van der Waals surface area contributed by atoms with Gasteiger partial charge in [0.25, 0.3) is 10.2 Å². The molecular formula is C13H21N3O2S. The van der Waals surface area contributed by atoms with Crippen LogP contribution in [0.4, 0.5) is 5.69 Å². The Morgan fingerprint density at radius 3 is 2.63 bits per heavy atom. The molecule has 0 fully saturated rings. The second kappa shape index (κ2) is 5.48. The minimum atomic E-state index is -3.35. The van der Waals surface area contributed by atoms with Crippen molar-refractivity contribution in [3.8, 4) is 0 Å². The number of hydrogen-bond acceptors (Lipinski definition) is 3. The van der Waals surface area contributed by atoms with Gasteiger partial charge < -0.3 is 5.73 Å². The Hall–Kier alpha value is -1.11. The van der Waals surface area contributed by atoms with Crippen molar-refractivity contribution in [1.82, 2.24) is 8.61 Å². The summed E-state index contributed by atoms with van der Waals surface area (Å²) in [6.45, 7) is 5.63. The molecule has 6 heteroatoms. The average Bonchev–Trinajstić information content (AvgIpc) is 2.39. The van der Waals surface area contributed by atoms with Crippen LogP contribution in [0.3, 0.4) is 0 Å². The van der Waals surface area contributed by atoms with Crippen LogP contribution in [-0.2, 0) is 23.2 Å². The number of benzene rings is 1. The monoisotopic (exact) mass is 283 g/mol. The minimum absolute atomic E-state index is 0.416. The van der Waals surface area contributed by atoms with Crippen molar-refractivity contribution < 1.29 is 8.42 Å². The second-order valence-corrected chi connectivity index (χ2v) is 6.59. The minimum Gasteiger partial charge on any atom is -0.398 e. The van der Waals surface area contributed by atoms with E-state index in [1.165, 1.54) is 4.31 Å². The Bertz CT molecular complexity index is 553. The SMILES string of the molecule is CCN(CC)S(=O)(=O)N1CCc2c(N)cccc2C1. The van der Waals surface area contributed by atoms with Gasteiger partial charge in [-0.05, 0) is 23.6 Å².